The lowest BCUT2D eigenvalue weighted by Gasteiger charge is -2.33. The van der Waals surface area contributed by atoms with Crippen LogP contribution in [0.25, 0.3) is 30.9 Å². The zero-order valence-electron chi connectivity index (χ0n) is 25.0. The molecule has 0 fully saturated rings. The van der Waals surface area contributed by atoms with E-state index in [0.29, 0.717) is 0 Å². The highest BCUT2D eigenvalue weighted by Crippen LogP contribution is 2.44. The van der Waals surface area contributed by atoms with E-state index in [2.05, 4.69) is 145 Å². The van der Waals surface area contributed by atoms with E-state index in [9.17, 15) is 0 Å². The molecule has 2 aliphatic heterocycles. The molecule has 0 aliphatic carbocycles. The largest absolute Gasteiger partial charge is 0.458 e. The molecule has 7 aromatic carbocycles. The van der Waals surface area contributed by atoms with Crippen molar-refractivity contribution in [2.24, 2.45) is 0 Å². The molecule has 0 N–H and O–H groups in total. The van der Waals surface area contributed by atoms with Crippen molar-refractivity contribution >= 4 is 82.4 Å². The number of nitrogens with zero attached hydrogens (tertiary/aromatic N) is 1. The van der Waals surface area contributed by atoms with E-state index >= 15 is 0 Å². The van der Waals surface area contributed by atoms with Crippen molar-refractivity contribution in [3.05, 3.63) is 145 Å². The molecule has 3 heterocycles. The Balaban J connectivity index is 1.15. The van der Waals surface area contributed by atoms with Crippen molar-refractivity contribution < 1.29 is 9.47 Å². The van der Waals surface area contributed by atoms with E-state index in [-0.39, 0.29) is 6.71 Å². The molecule has 1 aromatic heterocycles. The summed E-state index contributed by atoms with van der Waals surface area (Å²) in [5.74, 6) is 3.63. The van der Waals surface area contributed by atoms with Gasteiger partial charge in [-0.3, -0.25) is 0 Å². The van der Waals surface area contributed by atoms with Crippen LogP contribution < -0.4 is 30.8 Å². The third-order valence-corrected chi connectivity index (χ3v) is 10.6. The summed E-state index contributed by atoms with van der Waals surface area (Å²) in [6, 6.07) is 49.9. The SMILES string of the molecule is Cc1cc2c3c(c1)Oc1cc4c(cc1B3c1ccccc1O2)sc1c2ccc(N(c3ccccc3)c3ccccc3)cc2ccc41. The highest BCUT2D eigenvalue weighted by Gasteiger charge is 2.40. The Labute approximate surface area is 271 Å². The third-order valence-electron chi connectivity index (χ3n) is 9.37. The van der Waals surface area contributed by atoms with Crippen LogP contribution in [0.15, 0.2) is 140 Å². The van der Waals surface area contributed by atoms with Gasteiger partial charge in [-0.25, -0.2) is 0 Å². The minimum absolute atomic E-state index is 0.0650. The fourth-order valence-corrected chi connectivity index (χ4v) is 8.63. The first kappa shape index (κ1) is 25.8. The Morgan fingerprint density at radius 1 is 0.522 bits per heavy atom. The van der Waals surface area contributed by atoms with Gasteiger partial charge in [-0.05, 0) is 101 Å². The van der Waals surface area contributed by atoms with Gasteiger partial charge in [0, 0.05) is 42.7 Å². The van der Waals surface area contributed by atoms with Crippen molar-refractivity contribution in [1.82, 2.24) is 0 Å². The van der Waals surface area contributed by atoms with Crippen LogP contribution in [0.5, 0.6) is 23.0 Å². The number of aryl methyl sites for hydroxylation is 1. The molecule has 10 rings (SSSR count). The molecule has 0 atom stereocenters. The summed E-state index contributed by atoms with van der Waals surface area (Å²) >= 11 is 1.87. The lowest BCUT2D eigenvalue weighted by Crippen LogP contribution is -2.57. The van der Waals surface area contributed by atoms with Gasteiger partial charge in [0.2, 0.25) is 0 Å². The number of para-hydroxylation sites is 3. The molecule has 0 saturated heterocycles. The number of fused-ring (bicyclic) bond motifs is 9. The van der Waals surface area contributed by atoms with E-state index in [1.54, 1.807) is 0 Å². The molecule has 0 unspecified atom stereocenters. The molecule has 5 heteroatoms. The minimum atomic E-state index is 0.0650. The zero-order chi connectivity index (χ0) is 30.4. The second kappa shape index (κ2) is 9.74. The summed E-state index contributed by atoms with van der Waals surface area (Å²) < 4.78 is 15.7. The molecule has 8 aromatic rings. The Hall–Kier alpha value is -5.52. The summed E-state index contributed by atoms with van der Waals surface area (Å²) in [4.78, 5) is 2.32. The molecule has 46 heavy (non-hydrogen) atoms. The second-order valence-corrected chi connectivity index (χ2v) is 13.2. The van der Waals surface area contributed by atoms with Crippen LogP contribution in [0.3, 0.4) is 0 Å². The van der Waals surface area contributed by atoms with E-state index in [1.807, 2.05) is 17.4 Å². The maximum absolute atomic E-state index is 6.68. The lowest BCUT2D eigenvalue weighted by atomic mass is 9.35. The highest BCUT2D eigenvalue weighted by molar-refractivity contribution is 7.26. The first-order chi connectivity index (χ1) is 22.7. The van der Waals surface area contributed by atoms with Crippen LogP contribution in [-0.2, 0) is 0 Å². The fourth-order valence-electron chi connectivity index (χ4n) is 7.36. The van der Waals surface area contributed by atoms with Gasteiger partial charge in [0.05, 0.1) is 0 Å². The van der Waals surface area contributed by atoms with Crippen LogP contribution in [-0.4, -0.2) is 6.71 Å². The van der Waals surface area contributed by atoms with Crippen molar-refractivity contribution in [3.63, 3.8) is 0 Å². The van der Waals surface area contributed by atoms with Gasteiger partial charge in [-0.1, -0.05) is 72.8 Å². The Kier molecular flexibility index (Phi) is 5.46. The molecule has 0 spiro atoms. The topological polar surface area (TPSA) is 21.7 Å². The predicted octanol–water partition coefficient (Wildman–Crippen LogP) is 9.71. The molecular formula is C41H26BNO2S. The number of hydrogen-bond donors (Lipinski definition) is 0. The van der Waals surface area contributed by atoms with Crippen LogP contribution in [0, 0.1) is 6.92 Å². The maximum atomic E-state index is 6.68. The zero-order valence-corrected chi connectivity index (χ0v) is 25.8. The van der Waals surface area contributed by atoms with E-state index in [4.69, 9.17) is 9.47 Å². The number of rotatable bonds is 3. The lowest BCUT2D eigenvalue weighted by molar-refractivity contribution is 0.464. The molecular weight excluding hydrogens is 581 g/mol. The number of anilines is 3. The normalized spacial score (nSPS) is 12.8. The summed E-state index contributed by atoms with van der Waals surface area (Å²) in [6.07, 6.45) is 0. The first-order valence-corrected chi connectivity index (χ1v) is 16.4. The smallest absolute Gasteiger partial charge is 0.260 e. The summed E-state index contributed by atoms with van der Waals surface area (Å²) in [5.41, 5.74) is 8.03. The van der Waals surface area contributed by atoms with E-state index < -0.39 is 0 Å². The van der Waals surface area contributed by atoms with Gasteiger partial charge in [0.15, 0.2) is 0 Å². The van der Waals surface area contributed by atoms with Gasteiger partial charge in [-0.15, -0.1) is 11.3 Å². The number of ether oxygens (including phenoxy) is 2. The highest BCUT2D eigenvalue weighted by atomic mass is 32.1. The number of hydrogen-bond acceptors (Lipinski definition) is 4. The van der Waals surface area contributed by atoms with Gasteiger partial charge < -0.3 is 14.4 Å². The summed E-state index contributed by atoms with van der Waals surface area (Å²) in [7, 11) is 0. The Morgan fingerprint density at radius 3 is 1.96 bits per heavy atom. The van der Waals surface area contributed by atoms with Crippen LogP contribution >= 0.6 is 11.3 Å². The second-order valence-electron chi connectivity index (χ2n) is 12.2. The van der Waals surface area contributed by atoms with Crippen molar-refractivity contribution in [2.45, 2.75) is 6.92 Å². The molecule has 0 radical (unpaired) electrons. The average molecular weight is 608 g/mol. The van der Waals surface area contributed by atoms with Crippen LogP contribution in [0.2, 0.25) is 0 Å². The molecule has 0 saturated carbocycles. The first-order valence-electron chi connectivity index (χ1n) is 15.6. The molecule has 216 valence electrons. The Morgan fingerprint density at radius 2 is 1.20 bits per heavy atom. The molecule has 3 nitrogen and oxygen atoms in total. The van der Waals surface area contributed by atoms with Gasteiger partial charge >= 0.3 is 0 Å². The number of thiophene rings is 1. The van der Waals surface area contributed by atoms with Gasteiger partial charge in [-0.2, -0.15) is 0 Å². The predicted molar refractivity (Wildman–Crippen MR) is 194 cm³/mol. The van der Waals surface area contributed by atoms with Crippen molar-refractivity contribution in [1.29, 1.82) is 0 Å². The maximum Gasteiger partial charge on any atom is 0.260 e. The standard InChI is InChI=1S/C41H26BNO2S/c1-25-20-37-40-38(21-25)45-36-23-32-31-18-16-26-22-29(43(27-10-4-2-5-11-27)28-12-6-3-7-13-28)17-19-30(26)41(31)46-39(32)24-34(36)42(40)33-14-8-9-15-35(33)44-37/h2-24H,1H3. The van der Waals surface area contributed by atoms with Crippen LogP contribution in [0.1, 0.15) is 5.56 Å². The minimum Gasteiger partial charge on any atom is -0.458 e. The van der Waals surface area contributed by atoms with Crippen molar-refractivity contribution in [2.75, 3.05) is 4.90 Å². The van der Waals surface area contributed by atoms with Gasteiger partial charge in [0.25, 0.3) is 6.71 Å². The molecule has 0 amide bonds. The van der Waals surface area contributed by atoms with Gasteiger partial charge in [0.1, 0.15) is 23.0 Å². The molecule has 2 aliphatic rings. The van der Waals surface area contributed by atoms with E-state index in [1.165, 1.54) is 41.9 Å². The summed E-state index contributed by atoms with van der Waals surface area (Å²) in [6.45, 7) is 2.16. The fraction of sp³-hybridized carbons (Fsp3) is 0.0244. The average Bonchev–Trinajstić information content (AvgIpc) is 3.46. The third kappa shape index (κ3) is 3.79. The van der Waals surface area contributed by atoms with Crippen LogP contribution in [0.4, 0.5) is 17.1 Å². The summed E-state index contributed by atoms with van der Waals surface area (Å²) in [5, 5.41) is 4.98. The Bertz CT molecular complexity index is 2470. The quantitative estimate of drug-likeness (QED) is 0.187. The van der Waals surface area contributed by atoms with Crippen molar-refractivity contribution in [3.8, 4) is 23.0 Å². The van der Waals surface area contributed by atoms with E-state index in [0.717, 1.165) is 51.1 Å². The molecule has 0 bridgehead atoms. The number of benzene rings is 7. The monoisotopic (exact) mass is 607 g/mol.